The Morgan fingerprint density at radius 3 is 2.73 bits per heavy atom. The summed E-state index contributed by atoms with van der Waals surface area (Å²) >= 11 is 0. The molecule has 5 nitrogen and oxygen atoms in total. The van der Waals surface area contributed by atoms with Gasteiger partial charge in [-0.05, 0) is 36.8 Å². The van der Waals surface area contributed by atoms with Gasteiger partial charge in [0.15, 0.2) is 0 Å². The van der Waals surface area contributed by atoms with E-state index in [0.717, 1.165) is 11.1 Å². The molecular weight excluding hydrogens is 381 g/mol. The van der Waals surface area contributed by atoms with E-state index in [1.807, 2.05) is 36.4 Å². The van der Waals surface area contributed by atoms with Crippen LogP contribution in [0.25, 0.3) is 10.9 Å². The average molecular weight is 401 g/mol. The summed E-state index contributed by atoms with van der Waals surface area (Å²) in [5.41, 5.74) is 3.32. The van der Waals surface area contributed by atoms with E-state index in [1.54, 1.807) is 31.3 Å². The maximum Gasteiger partial charge on any atom is 0.253 e. The summed E-state index contributed by atoms with van der Waals surface area (Å²) in [4.78, 5) is 21.4. The van der Waals surface area contributed by atoms with Crippen molar-refractivity contribution in [1.82, 2.24) is 15.3 Å². The topological polar surface area (TPSA) is 64.1 Å². The van der Waals surface area contributed by atoms with Gasteiger partial charge in [-0.2, -0.15) is 0 Å². The molecule has 0 radical (unpaired) electrons. The van der Waals surface area contributed by atoms with Crippen molar-refractivity contribution in [2.45, 2.75) is 20.1 Å². The van der Waals surface area contributed by atoms with Crippen molar-refractivity contribution >= 4 is 16.8 Å². The second-order valence-corrected chi connectivity index (χ2v) is 6.88. The molecule has 0 fully saturated rings. The van der Waals surface area contributed by atoms with Crippen molar-refractivity contribution in [3.63, 3.8) is 0 Å². The molecule has 0 saturated heterocycles. The fourth-order valence-corrected chi connectivity index (χ4v) is 3.15. The Morgan fingerprint density at radius 1 is 1.07 bits per heavy atom. The van der Waals surface area contributed by atoms with Gasteiger partial charge in [-0.3, -0.25) is 9.78 Å². The number of ether oxygens (including phenoxy) is 1. The first-order chi connectivity index (χ1) is 14.6. The van der Waals surface area contributed by atoms with Crippen LogP contribution >= 0.6 is 0 Å². The molecule has 0 unspecified atom stereocenters. The summed E-state index contributed by atoms with van der Waals surface area (Å²) in [6.45, 7) is 2.39. The van der Waals surface area contributed by atoms with Gasteiger partial charge in [0.1, 0.15) is 12.4 Å². The van der Waals surface area contributed by atoms with Crippen LogP contribution in [0, 0.1) is 12.7 Å². The van der Waals surface area contributed by atoms with Gasteiger partial charge in [0.05, 0.1) is 16.8 Å². The molecule has 6 heteroatoms. The molecular formula is C24H20FN3O2. The highest BCUT2D eigenvalue weighted by atomic mass is 19.1. The van der Waals surface area contributed by atoms with Crippen LogP contribution in [0.15, 0.2) is 72.9 Å². The van der Waals surface area contributed by atoms with Gasteiger partial charge in [-0.25, -0.2) is 9.37 Å². The number of hydrogen-bond donors (Lipinski definition) is 1. The Morgan fingerprint density at radius 2 is 1.90 bits per heavy atom. The molecule has 4 rings (SSSR count). The van der Waals surface area contributed by atoms with Crippen molar-refractivity contribution in [2.24, 2.45) is 0 Å². The van der Waals surface area contributed by atoms with Crippen LogP contribution in [-0.2, 0) is 13.2 Å². The number of carbonyl (C=O) groups is 1. The Balaban J connectivity index is 1.47. The van der Waals surface area contributed by atoms with Crippen LogP contribution in [0.4, 0.5) is 4.39 Å². The molecule has 0 bridgehead atoms. The van der Waals surface area contributed by atoms with E-state index >= 15 is 0 Å². The van der Waals surface area contributed by atoms with Crippen molar-refractivity contribution in [1.29, 1.82) is 0 Å². The van der Waals surface area contributed by atoms with Gasteiger partial charge in [-0.1, -0.05) is 36.4 Å². The Labute approximate surface area is 173 Å². The highest BCUT2D eigenvalue weighted by Gasteiger charge is 2.13. The van der Waals surface area contributed by atoms with Crippen LogP contribution in [0.1, 0.15) is 27.2 Å². The minimum Gasteiger partial charge on any atom is -0.473 e. The molecule has 4 aromatic rings. The van der Waals surface area contributed by atoms with Crippen molar-refractivity contribution in [3.05, 3.63) is 101 Å². The number of nitrogens with one attached hydrogen (secondary N) is 1. The van der Waals surface area contributed by atoms with Gasteiger partial charge in [0.2, 0.25) is 5.88 Å². The number of amides is 1. The predicted molar refractivity (Wildman–Crippen MR) is 113 cm³/mol. The molecule has 2 heterocycles. The minimum absolute atomic E-state index is 0.260. The van der Waals surface area contributed by atoms with Gasteiger partial charge in [0, 0.05) is 29.8 Å². The van der Waals surface area contributed by atoms with E-state index in [9.17, 15) is 9.18 Å². The third kappa shape index (κ3) is 4.43. The zero-order chi connectivity index (χ0) is 20.9. The number of nitrogens with zero attached hydrogens (tertiary/aromatic N) is 2. The Hall–Kier alpha value is -3.80. The molecule has 0 aliphatic carbocycles. The van der Waals surface area contributed by atoms with Crippen LogP contribution in [0.2, 0.25) is 0 Å². The molecule has 0 saturated carbocycles. The molecule has 0 aliphatic heterocycles. The normalized spacial score (nSPS) is 10.7. The largest absolute Gasteiger partial charge is 0.473 e. The van der Waals surface area contributed by atoms with Crippen LogP contribution in [0.3, 0.4) is 0 Å². The number of benzene rings is 2. The summed E-state index contributed by atoms with van der Waals surface area (Å²) in [5.74, 6) is -0.138. The zero-order valence-electron chi connectivity index (χ0n) is 16.4. The Kier molecular flexibility index (Phi) is 5.66. The molecule has 30 heavy (non-hydrogen) atoms. The molecule has 150 valence electrons. The summed E-state index contributed by atoms with van der Waals surface area (Å²) < 4.78 is 19.3. The van der Waals surface area contributed by atoms with Crippen molar-refractivity contribution in [3.8, 4) is 5.88 Å². The number of rotatable bonds is 6. The third-order valence-electron chi connectivity index (χ3n) is 4.72. The lowest BCUT2D eigenvalue weighted by Crippen LogP contribution is -2.24. The maximum absolute atomic E-state index is 13.4. The molecule has 0 atom stereocenters. The second kappa shape index (κ2) is 8.69. The number of pyridine rings is 2. The van der Waals surface area contributed by atoms with E-state index in [4.69, 9.17) is 4.74 Å². The quantitative estimate of drug-likeness (QED) is 0.513. The van der Waals surface area contributed by atoms with Gasteiger partial charge >= 0.3 is 0 Å². The summed E-state index contributed by atoms with van der Waals surface area (Å²) in [5, 5.41) is 3.61. The highest BCUT2D eigenvalue weighted by Crippen LogP contribution is 2.19. The SMILES string of the molecule is Cc1nc2cc(F)ccc2cc1C(=O)NCc1cccnc1OCc1ccccc1. The smallest absolute Gasteiger partial charge is 0.253 e. The zero-order valence-corrected chi connectivity index (χ0v) is 16.4. The average Bonchev–Trinajstić information content (AvgIpc) is 2.76. The fraction of sp³-hybridized carbons (Fsp3) is 0.125. The number of halogens is 1. The van der Waals surface area contributed by atoms with E-state index in [2.05, 4.69) is 15.3 Å². The third-order valence-corrected chi connectivity index (χ3v) is 4.72. The van der Waals surface area contributed by atoms with Crippen molar-refractivity contribution < 1.29 is 13.9 Å². The number of fused-ring (bicyclic) bond motifs is 1. The lowest BCUT2D eigenvalue weighted by Gasteiger charge is -2.12. The van der Waals surface area contributed by atoms with Gasteiger partial charge < -0.3 is 10.1 Å². The van der Waals surface area contributed by atoms with Crippen LogP contribution < -0.4 is 10.1 Å². The molecule has 2 aromatic heterocycles. The first kappa shape index (κ1) is 19.5. The molecule has 1 N–H and O–H groups in total. The van der Waals surface area contributed by atoms with Crippen molar-refractivity contribution in [2.75, 3.05) is 0 Å². The molecule has 1 amide bonds. The molecule has 2 aromatic carbocycles. The van der Waals surface area contributed by atoms with E-state index in [-0.39, 0.29) is 18.3 Å². The lowest BCUT2D eigenvalue weighted by atomic mass is 10.1. The monoisotopic (exact) mass is 401 g/mol. The first-order valence-corrected chi connectivity index (χ1v) is 9.56. The highest BCUT2D eigenvalue weighted by molar-refractivity contribution is 5.98. The summed E-state index contributed by atoms with van der Waals surface area (Å²) in [6, 6.07) is 19.5. The number of carbonyl (C=O) groups excluding carboxylic acids is 1. The van der Waals surface area contributed by atoms with E-state index in [0.29, 0.717) is 34.6 Å². The minimum atomic E-state index is -0.355. The van der Waals surface area contributed by atoms with E-state index in [1.165, 1.54) is 12.1 Å². The van der Waals surface area contributed by atoms with E-state index < -0.39 is 0 Å². The second-order valence-electron chi connectivity index (χ2n) is 6.88. The standard InChI is InChI=1S/C24H20FN3O2/c1-16-21(12-18-9-10-20(25)13-22(18)28-16)23(29)27-14-19-8-5-11-26-24(19)30-15-17-6-3-2-4-7-17/h2-13H,14-15H2,1H3,(H,27,29). The Bertz CT molecular complexity index is 1200. The van der Waals surface area contributed by atoms with Gasteiger partial charge in [-0.15, -0.1) is 0 Å². The molecule has 0 aliphatic rings. The first-order valence-electron chi connectivity index (χ1n) is 9.56. The molecule has 0 spiro atoms. The maximum atomic E-state index is 13.4. The van der Waals surface area contributed by atoms with Gasteiger partial charge in [0.25, 0.3) is 5.91 Å². The van der Waals surface area contributed by atoms with Crippen LogP contribution in [-0.4, -0.2) is 15.9 Å². The lowest BCUT2D eigenvalue weighted by molar-refractivity contribution is 0.0949. The summed E-state index contributed by atoms with van der Waals surface area (Å²) in [7, 11) is 0. The van der Waals surface area contributed by atoms with Crippen LogP contribution in [0.5, 0.6) is 5.88 Å². The number of hydrogen-bond acceptors (Lipinski definition) is 4. The predicted octanol–water partition coefficient (Wildman–Crippen LogP) is 4.59. The fourth-order valence-electron chi connectivity index (χ4n) is 3.15. The number of aryl methyl sites for hydroxylation is 1. The summed E-state index contributed by atoms with van der Waals surface area (Å²) in [6.07, 6.45) is 1.65. The number of aromatic nitrogens is 2.